The number of fused-ring (bicyclic) bond motifs is 2. The van der Waals surface area contributed by atoms with Crippen LogP contribution in [-0.4, -0.2) is 5.97 Å². The van der Waals surface area contributed by atoms with Crippen molar-refractivity contribution in [1.82, 2.24) is 0 Å². The molecule has 8 heteroatoms. The normalized spacial score (nSPS) is 14.8. The van der Waals surface area contributed by atoms with Gasteiger partial charge in [0.15, 0.2) is 0 Å². The van der Waals surface area contributed by atoms with Crippen molar-refractivity contribution in [3.63, 3.8) is 0 Å². The van der Waals surface area contributed by atoms with Gasteiger partial charge in [-0.25, -0.2) is 4.79 Å². The van der Waals surface area contributed by atoms with Crippen LogP contribution in [0.1, 0.15) is 44.3 Å². The molecule has 1 aliphatic heterocycles. The first-order valence-electron chi connectivity index (χ1n) is 11.1. The van der Waals surface area contributed by atoms with Gasteiger partial charge in [0, 0.05) is 38.2 Å². The van der Waals surface area contributed by atoms with Crippen molar-refractivity contribution in [2.75, 3.05) is 0 Å². The molecule has 0 spiro atoms. The average Bonchev–Trinajstić information content (AvgIpc) is 3.18. The maximum absolute atomic E-state index is 13.0. The highest BCUT2D eigenvalue weighted by Gasteiger charge is 2.34. The van der Waals surface area contributed by atoms with Crippen molar-refractivity contribution in [3.8, 4) is 17.6 Å². The molecule has 0 aliphatic carbocycles. The molecule has 0 bridgehead atoms. The van der Waals surface area contributed by atoms with Crippen molar-refractivity contribution in [1.29, 1.82) is 5.26 Å². The van der Waals surface area contributed by atoms with Gasteiger partial charge in [0.2, 0.25) is 11.6 Å². The molecule has 0 saturated carbocycles. The highest BCUT2D eigenvalue weighted by Crippen LogP contribution is 2.47. The van der Waals surface area contributed by atoms with E-state index in [1.807, 2.05) is 32.9 Å². The third-order valence-electron chi connectivity index (χ3n) is 6.50. The number of benzene rings is 3. The molecule has 180 valence electrons. The first-order valence-corrected chi connectivity index (χ1v) is 11.8. The number of aryl methyl sites for hydroxylation is 3. The number of carbonyl (C=O) groups is 1. The maximum atomic E-state index is 13.0. The number of carbonyl (C=O) groups excluding carboxylic acids is 1. The smallest absolute Gasteiger partial charge is 0.379 e. The van der Waals surface area contributed by atoms with Crippen molar-refractivity contribution in [2.45, 2.75) is 26.7 Å². The van der Waals surface area contributed by atoms with Gasteiger partial charge in [-0.2, -0.15) is 5.26 Å². The van der Waals surface area contributed by atoms with Crippen LogP contribution in [0, 0.1) is 32.1 Å². The van der Waals surface area contributed by atoms with Gasteiger partial charge < -0.3 is 19.6 Å². The first kappa shape index (κ1) is 23.8. The Hall–Kier alpha value is -3.92. The Morgan fingerprint density at radius 3 is 2.47 bits per heavy atom. The summed E-state index contributed by atoms with van der Waals surface area (Å²) in [6.07, 6.45) is 0. The molecule has 36 heavy (non-hydrogen) atoms. The summed E-state index contributed by atoms with van der Waals surface area (Å²) in [6.45, 7) is 5.75. The lowest BCUT2D eigenvalue weighted by Crippen LogP contribution is -2.21. The number of nitrogens with two attached hydrogens (primary N) is 1. The molecule has 5 rings (SSSR count). The van der Waals surface area contributed by atoms with Crippen LogP contribution >= 0.6 is 23.2 Å². The van der Waals surface area contributed by atoms with Crippen LogP contribution < -0.4 is 15.2 Å². The van der Waals surface area contributed by atoms with E-state index in [9.17, 15) is 10.1 Å². The van der Waals surface area contributed by atoms with Crippen LogP contribution in [0.25, 0.3) is 11.0 Å². The fraction of sp³-hybridized carbons (Fsp3) is 0.143. The minimum atomic E-state index is -0.645. The fourth-order valence-electron chi connectivity index (χ4n) is 4.45. The van der Waals surface area contributed by atoms with Gasteiger partial charge in [-0.15, -0.1) is 0 Å². The van der Waals surface area contributed by atoms with E-state index in [-0.39, 0.29) is 23.0 Å². The molecule has 1 atom stereocenters. The molecule has 0 fully saturated rings. The largest absolute Gasteiger partial charge is 0.448 e. The van der Waals surface area contributed by atoms with Gasteiger partial charge >= 0.3 is 5.97 Å². The Morgan fingerprint density at radius 2 is 1.78 bits per heavy atom. The van der Waals surface area contributed by atoms with Crippen molar-refractivity contribution in [3.05, 3.63) is 104 Å². The topological polar surface area (TPSA) is 98.5 Å². The minimum absolute atomic E-state index is 0.0755. The number of allylic oxidation sites excluding steroid dienone is 1. The predicted molar refractivity (Wildman–Crippen MR) is 138 cm³/mol. The highest BCUT2D eigenvalue weighted by molar-refractivity contribution is 6.36. The number of furan rings is 1. The number of hydrogen-bond donors (Lipinski definition) is 1. The number of halogens is 2. The minimum Gasteiger partial charge on any atom is -0.448 e. The van der Waals surface area contributed by atoms with Gasteiger partial charge in [0.1, 0.15) is 28.7 Å². The van der Waals surface area contributed by atoms with Gasteiger partial charge in [-0.3, -0.25) is 0 Å². The molecule has 1 aliphatic rings. The number of nitriles is 1. The molecular formula is C28H20Cl2N2O4. The summed E-state index contributed by atoms with van der Waals surface area (Å²) in [4.78, 5) is 13.0. The molecule has 1 aromatic heterocycles. The number of nitrogens with zero attached hydrogens (tertiary/aromatic N) is 1. The summed E-state index contributed by atoms with van der Waals surface area (Å²) in [6, 6.07) is 16.0. The maximum Gasteiger partial charge on any atom is 0.379 e. The van der Waals surface area contributed by atoms with Gasteiger partial charge in [0.25, 0.3) is 0 Å². The lowest BCUT2D eigenvalue weighted by molar-refractivity contribution is 0.0702. The first-order chi connectivity index (χ1) is 17.2. The Labute approximate surface area is 217 Å². The predicted octanol–water partition coefficient (Wildman–Crippen LogP) is 7.10. The van der Waals surface area contributed by atoms with E-state index in [1.165, 1.54) is 0 Å². The standard InChI is InChI=1S/C28H20Cl2N2O4/c1-13-7-9-17-15(3)26(36-25(17)14(13)2)28(33)34-16-8-10-18-22(11-16)35-27(32)19(12-31)23(18)24-20(29)5-4-6-21(24)30/h4-11,23H,32H2,1-3H3. The number of hydrogen-bond acceptors (Lipinski definition) is 6. The lowest BCUT2D eigenvalue weighted by atomic mass is 9.83. The van der Waals surface area contributed by atoms with Crippen molar-refractivity contribution >= 4 is 40.1 Å². The number of rotatable bonds is 3. The molecule has 1 unspecified atom stereocenters. The zero-order chi connectivity index (χ0) is 25.7. The lowest BCUT2D eigenvalue weighted by Gasteiger charge is -2.27. The Morgan fingerprint density at radius 1 is 1.06 bits per heavy atom. The third-order valence-corrected chi connectivity index (χ3v) is 7.16. The molecular weight excluding hydrogens is 499 g/mol. The molecule has 3 aromatic carbocycles. The summed E-state index contributed by atoms with van der Waals surface area (Å²) in [7, 11) is 0. The van der Waals surface area contributed by atoms with Crippen molar-refractivity contribution < 1.29 is 18.7 Å². The zero-order valence-electron chi connectivity index (χ0n) is 19.6. The van der Waals surface area contributed by atoms with E-state index in [0.29, 0.717) is 38.1 Å². The van der Waals surface area contributed by atoms with E-state index in [4.69, 9.17) is 42.8 Å². The second kappa shape index (κ2) is 8.94. The van der Waals surface area contributed by atoms with Crippen LogP contribution in [0.15, 0.2) is 64.4 Å². The summed E-state index contributed by atoms with van der Waals surface area (Å²) in [5.41, 5.74) is 10.8. The van der Waals surface area contributed by atoms with E-state index in [2.05, 4.69) is 6.07 Å². The van der Waals surface area contributed by atoms with Crippen LogP contribution in [0.2, 0.25) is 10.0 Å². The molecule has 2 heterocycles. The van der Waals surface area contributed by atoms with Crippen LogP contribution in [-0.2, 0) is 0 Å². The Bertz CT molecular complexity index is 1630. The van der Waals surface area contributed by atoms with E-state index < -0.39 is 11.9 Å². The van der Waals surface area contributed by atoms with Crippen molar-refractivity contribution in [2.24, 2.45) is 5.73 Å². The molecule has 2 N–H and O–H groups in total. The fourth-order valence-corrected chi connectivity index (χ4v) is 5.06. The SMILES string of the molecule is Cc1ccc2c(C)c(C(=O)Oc3ccc4c(c3)OC(N)=C(C#N)C4c3c(Cl)cccc3Cl)oc2c1C. The third kappa shape index (κ3) is 3.78. The molecule has 0 amide bonds. The van der Waals surface area contributed by atoms with Crippen LogP contribution in [0.5, 0.6) is 11.5 Å². The average molecular weight is 519 g/mol. The second-order valence-electron chi connectivity index (χ2n) is 8.59. The van der Waals surface area contributed by atoms with E-state index in [0.717, 1.165) is 16.5 Å². The number of esters is 1. The number of ether oxygens (including phenoxy) is 2. The summed E-state index contributed by atoms with van der Waals surface area (Å²) >= 11 is 12.9. The molecule has 0 radical (unpaired) electrons. The van der Waals surface area contributed by atoms with E-state index in [1.54, 1.807) is 36.4 Å². The van der Waals surface area contributed by atoms with Gasteiger partial charge in [0.05, 0.1) is 5.92 Å². The molecule has 0 saturated heterocycles. The van der Waals surface area contributed by atoms with E-state index >= 15 is 0 Å². The monoisotopic (exact) mass is 518 g/mol. The van der Waals surface area contributed by atoms with Gasteiger partial charge in [-0.1, -0.05) is 47.5 Å². The highest BCUT2D eigenvalue weighted by atomic mass is 35.5. The molecule has 6 nitrogen and oxygen atoms in total. The summed E-state index contributed by atoms with van der Waals surface area (Å²) < 4.78 is 17.3. The Kier molecular flexibility index (Phi) is 5.91. The summed E-state index contributed by atoms with van der Waals surface area (Å²) in [5, 5.41) is 11.4. The van der Waals surface area contributed by atoms with Crippen LogP contribution in [0.3, 0.4) is 0 Å². The second-order valence-corrected chi connectivity index (χ2v) is 9.40. The Balaban J connectivity index is 1.53. The molecule has 4 aromatic rings. The summed E-state index contributed by atoms with van der Waals surface area (Å²) in [5.74, 6) is -0.677. The quantitative estimate of drug-likeness (QED) is 0.229. The van der Waals surface area contributed by atoms with Crippen LogP contribution in [0.4, 0.5) is 0 Å². The zero-order valence-corrected chi connectivity index (χ0v) is 21.1. The van der Waals surface area contributed by atoms with Gasteiger partial charge in [-0.05, 0) is 50.1 Å².